The smallest absolute Gasteiger partial charge is 0.307 e. The maximum atomic E-state index is 8.17. The van der Waals surface area contributed by atoms with Gasteiger partial charge in [-0.15, -0.1) is 0 Å². The van der Waals surface area contributed by atoms with Gasteiger partial charge in [0.15, 0.2) is 0 Å². The Hall–Kier alpha value is -3.04. The van der Waals surface area contributed by atoms with Crippen LogP contribution in [0.1, 0.15) is 0 Å². The zero-order valence-electron chi connectivity index (χ0n) is 16.0. The summed E-state index contributed by atoms with van der Waals surface area (Å²) in [5, 5.41) is 0. The molecule has 0 amide bonds. The Kier molecular flexibility index (Phi) is 89.6. The van der Waals surface area contributed by atoms with Crippen molar-refractivity contribution in [2.24, 2.45) is 0 Å². The zero-order valence-corrected chi connectivity index (χ0v) is 18.2. The number of carbonyl (C=O) groups excluding carboxylic acids is 4. The largest absolute Gasteiger partial charge is 3.00 e. The molecule has 0 spiro atoms. The van der Waals surface area contributed by atoms with Crippen molar-refractivity contribution in [2.45, 2.75) is 0 Å². The molecule has 0 aliphatic carbocycles. The average Bonchev–Trinajstić information content (AvgIpc) is 2.89. The van der Waals surface area contributed by atoms with Gasteiger partial charge in [0.2, 0.25) is 0 Å². The first-order valence-corrected chi connectivity index (χ1v) is 7.59. The van der Waals surface area contributed by atoms with Gasteiger partial charge in [0.25, 0.3) is 0 Å². The quantitative estimate of drug-likeness (QED) is 0.291. The Morgan fingerprint density at radius 2 is 0.517 bits per heavy atom. The third-order valence-electron chi connectivity index (χ3n) is 1.82. The molecular weight excluding hydrogens is 431 g/mol. The molecule has 0 aromatic heterocycles. The summed E-state index contributed by atoms with van der Waals surface area (Å²) in [5.41, 5.74) is 0. The summed E-state index contributed by atoms with van der Waals surface area (Å²) in [6, 6.07) is 37.5. The van der Waals surface area contributed by atoms with Crippen LogP contribution in [-0.4, -0.2) is 27.2 Å². The summed E-state index contributed by atoms with van der Waals surface area (Å²) >= 11 is 0. The second-order valence-electron chi connectivity index (χ2n) is 3.23. The molecule has 1 unspecified atom stereocenters. The van der Waals surface area contributed by atoms with E-state index in [4.69, 9.17) is 23.7 Å². The van der Waals surface area contributed by atoms with Crippen LogP contribution in [0.2, 0.25) is 0 Å². The van der Waals surface area contributed by atoms with E-state index in [9.17, 15) is 0 Å². The number of carbonyl (C=O) groups is 4. The molecule has 0 aliphatic rings. The van der Waals surface area contributed by atoms with Crippen molar-refractivity contribution < 1.29 is 40.8 Å². The second kappa shape index (κ2) is 64.0. The standard InChI is InChI=1S/3C6H5.4CH2O.Fe.H2OP/c3*1-2-4-6-5-3-1;4*1-2;;1-2/h3*1-5H;4*1H2;;2H2/q3*-1;;;;;+3;+1. The predicted octanol–water partition coefficient (Wildman–Crippen LogP) is 3.93. The average molecular weight is 456 g/mol. The summed E-state index contributed by atoms with van der Waals surface area (Å²) in [7, 11) is 1.17. The molecule has 3 aromatic carbocycles. The zero-order chi connectivity index (χ0) is 22.7. The van der Waals surface area contributed by atoms with Crippen molar-refractivity contribution in [3.8, 4) is 0 Å². The van der Waals surface area contributed by atoms with E-state index in [0.717, 1.165) is 0 Å². The van der Waals surface area contributed by atoms with Gasteiger partial charge in [-0.25, -0.2) is 0 Å². The molecule has 0 saturated heterocycles. The molecule has 3 rings (SSSR count). The van der Waals surface area contributed by atoms with E-state index in [1.807, 2.05) is 118 Å². The van der Waals surface area contributed by atoms with Gasteiger partial charge in [0.05, 0.1) is 0 Å². The van der Waals surface area contributed by atoms with Gasteiger partial charge in [0.1, 0.15) is 27.2 Å². The van der Waals surface area contributed by atoms with E-state index in [0.29, 0.717) is 0 Å². The summed E-state index contributed by atoms with van der Waals surface area (Å²) in [6.07, 6.45) is 0. The van der Waals surface area contributed by atoms with Gasteiger partial charge in [-0.3, -0.25) is 0 Å². The fourth-order valence-electron chi connectivity index (χ4n) is 1.03. The minimum Gasteiger partial charge on any atom is -0.307 e. The molecule has 1 atom stereocenters. The third-order valence-corrected chi connectivity index (χ3v) is 1.82. The first-order chi connectivity index (χ1) is 14.0. The molecule has 0 bridgehead atoms. The maximum absolute atomic E-state index is 8.17. The maximum Gasteiger partial charge on any atom is 3.00 e. The van der Waals surface area contributed by atoms with E-state index >= 15 is 0 Å². The molecule has 7 heteroatoms. The molecule has 0 fully saturated rings. The molecule has 5 nitrogen and oxygen atoms in total. The van der Waals surface area contributed by atoms with Crippen molar-refractivity contribution in [3.05, 3.63) is 109 Å². The first-order valence-electron chi connectivity index (χ1n) is 7.12. The summed E-state index contributed by atoms with van der Waals surface area (Å²) in [6.45, 7) is 8.00. The van der Waals surface area contributed by atoms with Crippen LogP contribution in [0, 0.1) is 18.2 Å². The molecule has 29 heavy (non-hydrogen) atoms. The Balaban J connectivity index is -0.0000000556. The summed E-state index contributed by atoms with van der Waals surface area (Å²) in [5.74, 6) is 0. The van der Waals surface area contributed by atoms with Gasteiger partial charge in [-0.2, -0.15) is 109 Å². The van der Waals surface area contributed by atoms with Crippen LogP contribution in [0.5, 0.6) is 0 Å². The van der Waals surface area contributed by atoms with Crippen molar-refractivity contribution >= 4 is 36.3 Å². The molecule has 0 N–H and O–H groups in total. The normalized spacial score (nSPS) is 5.66. The van der Waals surface area contributed by atoms with Crippen LogP contribution >= 0.6 is 9.12 Å². The number of rotatable bonds is 0. The van der Waals surface area contributed by atoms with E-state index < -0.39 is 0 Å². The third kappa shape index (κ3) is 58.8. The van der Waals surface area contributed by atoms with Crippen molar-refractivity contribution in [3.63, 3.8) is 0 Å². The fraction of sp³-hybridized carbons (Fsp3) is 0. The predicted molar refractivity (Wildman–Crippen MR) is 115 cm³/mol. The van der Waals surface area contributed by atoms with E-state index in [-0.39, 0.29) is 17.1 Å². The molecule has 155 valence electrons. The summed E-state index contributed by atoms with van der Waals surface area (Å²) in [4.78, 5) is 32.0. The molecule has 1 radical (unpaired) electrons. The van der Waals surface area contributed by atoms with Crippen LogP contribution in [0.3, 0.4) is 0 Å². The second-order valence-corrected chi connectivity index (χ2v) is 3.23. The van der Waals surface area contributed by atoms with E-state index in [1.165, 1.54) is 9.12 Å². The van der Waals surface area contributed by atoms with Crippen LogP contribution in [0.15, 0.2) is 91.0 Å². The topological polar surface area (TPSA) is 85.3 Å². The van der Waals surface area contributed by atoms with Crippen LogP contribution in [0.4, 0.5) is 0 Å². The Labute approximate surface area is 186 Å². The Morgan fingerprint density at radius 1 is 0.379 bits per heavy atom. The number of hydrogen-bond donors (Lipinski definition) is 0. The minimum absolute atomic E-state index is 0. The number of benzene rings is 3. The van der Waals surface area contributed by atoms with Gasteiger partial charge >= 0.3 is 26.2 Å². The molecule has 0 heterocycles. The Bertz CT molecular complexity index is 381. The van der Waals surface area contributed by atoms with Gasteiger partial charge < -0.3 is 19.2 Å². The van der Waals surface area contributed by atoms with Crippen molar-refractivity contribution in [1.29, 1.82) is 0 Å². The Morgan fingerprint density at radius 3 is 0.552 bits per heavy atom. The first kappa shape index (κ1) is 40.6. The van der Waals surface area contributed by atoms with Gasteiger partial charge in [0, 0.05) is 0 Å². The fourth-order valence-corrected chi connectivity index (χ4v) is 1.03. The van der Waals surface area contributed by atoms with Crippen LogP contribution in [-0.2, 0) is 40.8 Å². The molecular formula is C22H25FeO5P+. The minimum atomic E-state index is 0. The van der Waals surface area contributed by atoms with Crippen LogP contribution < -0.4 is 0 Å². The van der Waals surface area contributed by atoms with E-state index in [2.05, 4.69) is 18.2 Å². The summed E-state index contributed by atoms with van der Waals surface area (Å²) < 4.78 is 8.17. The molecule has 0 aliphatic heterocycles. The van der Waals surface area contributed by atoms with Crippen LogP contribution in [0.25, 0.3) is 0 Å². The number of hydrogen-bond acceptors (Lipinski definition) is 5. The monoisotopic (exact) mass is 456 g/mol. The molecule has 0 saturated carbocycles. The SMILES string of the molecule is C=O.C=O.C=O.C=O.O=[PH2+].[Fe+3].[c-]1ccccc1.[c-]1ccccc1.[c-]1ccccc1. The van der Waals surface area contributed by atoms with Gasteiger partial charge in [-0.05, 0) is 0 Å². The van der Waals surface area contributed by atoms with Gasteiger partial charge in [-0.1, -0.05) is 4.57 Å². The molecule has 3 aromatic rings. The van der Waals surface area contributed by atoms with Crippen molar-refractivity contribution in [1.82, 2.24) is 0 Å². The van der Waals surface area contributed by atoms with E-state index in [1.54, 1.807) is 0 Å². The van der Waals surface area contributed by atoms with Crippen molar-refractivity contribution in [2.75, 3.05) is 0 Å².